The maximum absolute atomic E-state index is 12.1. The van der Waals surface area contributed by atoms with Gasteiger partial charge in [0.2, 0.25) is 11.8 Å². The molecule has 0 radical (unpaired) electrons. The van der Waals surface area contributed by atoms with Gasteiger partial charge in [-0.2, -0.15) is 0 Å². The number of likely N-dealkylation sites (tertiary alicyclic amines) is 1. The first-order valence-electron chi connectivity index (χ1n) is 7.93. The van der Waals surface area contributed by atoms with E-state index in [0.717, 1.165) is 10.6 Å². The summed E-state index contributed by atoms with van der Waals surface area (Å²) in [4.78, 5) is 29.9. The third-order valence-corrected chi connectivity index (χ3v) is 5.62. The highest BCUT2D eigenvalue weighted by molar-refractivity contribution is 7.13. The van der Waals surface area contributed by atoms with E-state index in [1.807, 2.05) is 6.07 Å². The minimum absolute atomic E-state index is 0.0464. The second-order valence-electron chi connectivity index (χ2n) is 6.02. The smallest absolute Gasteiger partial charge is 0.248 e. The summed E-state index contributed by atoms with van der Waals surface area (Å²) in [6.07, 6.45) is 0.358. The molecule has 1 aromatic carbocycles. The van der Waals surface area contributed by atoms with Crippen molar-refractivity contribution in [3.05, 3.63) is 33.6 Å². The van der Waals surface area contributed by atoms with Gasteiger partial charge in [-0.15, -0.1) is 11.3 Å². The van der Waals surface area contributed by atoms with E-state index in [0.29, 0.717) is 35.4 Å². The Morgan fingerprint density at radius 2 is 2.12 bits per heavy atom. The van der Waals surface area contributed by atoms with Gasteiger partial charge in [-0.25, -0.2) is 4.98 Å². The molecule has 1 N–H and O–H groups in total. The molecular weight excluding hydrogens is 397 g/mol. The number of carbonyl (C=O) groups excluding carboxylic acids is 2. The van der Waals surface area contributed by atoms with Crippen LogP contribution < -0.4 is 5.32 Å². The van der Waals surface area contributed by atoms with Crippen molar-refractivity contribution >= 4 is 52.2 Å². The van der Waals surface area contributed by atoms with E-state index in [1.165, 1.54) is 18.4 Å². The van der Waals surface area contributed by atoms with E-state index < -0.39 is 0 Å². The summed E-state index contributed by atoms with van der Waals surface area (Å²) in [5.74, 6) is 0.520. The van der Waals surface area contributed by atoms with Gasteiger partial charge in [0.15, 0.2) is 0 Å². The summed E-state index contributed by atoms with van der Waals surface area (Å²) >= 11 is 13.4. The van der Waals surface area contributed by atoms with Crippen LogP contribution in [0.3, 0.4) is 0 Å². The lowest BCUT2D eigenvalue weighted by Gasteiger charge is -2.38. The number of halogens is 2. The second-order valence-corrected chi connectivity index (χ2v) is 7.69. The van der Waals surface area contributed by atoms with E-state index in [4.69, 9.17) is 27.9 Å². The lowest BCUT2D eigenvalue weighted by molar-refractivity contribution is -0.142. The average molecular weight is 414 g/mol. The van der Waals surface area contributed by atoms with E-state index in [2.05, 4.69) is 10.3 Å². The summed E-state index contributed by atoms with van der Waals surface area (Å²) in [5, 5.41) is 6.28. The van der Waals surface area contributed by atoms with E-state index in [1.54, 1.807) is 22.4 Å². The lowest BCUT2D eigenvalue weighted by atomic mass is 9.96. The SMILES string of the molecule is COCC(=O)N1CC(CC(=O)Nc2csc(-c3ccc(Cl)c(Cl)c3)n2)C1. The third-order valence-electron chi connectivity index (χ3n) is 3.99. The number of aromatic nitrogens is 1. The van der Waals surface area contributed by atoms with Crippen molar-refractivity contribution in [1.29, 1.82) is 0 Å². The number of benzene rings is 1. The Bertz CT molecular complexity index is 821. The van der Waals surface area contributed by atoms with Crippen LogP contribution in [0.25, 0.3) is 10.6 Å². The number of methoxy groups -OCH3 is 1. The Balaban J connectivity index is 1.51. The number of rotatable bonds is 6. The summed E-state index contributed by atoms with van der Waals surface area (Å²) in [6.45, 7) is 1.25. The maximum Gasteiger partial charge on any atom is 0.248 e. The van der Waals surface area contributed by atoms with Crippen LogP contribution in [-0.2, 0) is 14.3 Å². The fourth-order valence-corrected chi connectivity index (χ4v) is 3.71. The number of thiazole rings is 1. The van der Waals surface area contributed by atoms with Gasteiger partial charge < -0.3 is 15.0 Å². The molecule has 3 rings (SSSR count). The number of carbonyl (C=O) groups is 2. The van der Waals surface area contributed by atoms with E-state index >= 15 is 0 Å². The number of nitrogens with zero attached hydrogens (tertiary/aromatic N) is 2. The first kappa shape index (κ1) is 19.1. The van der Waals surface area contributed by atoms with Gasteiger partial charge in [-0.1, -0.05) is 29.3 Å². The molecule has 0 atom stereocenters. The molecule has 1 saturated heterocycles. The largest absolute Gasteiger partial charge is 0.375 e. The molecule has 2 heterocycles. The third kappa shape index (κ3) is 4.54. The zero-order valence-corrected chi connectivity index (χ0v) is 16.3. The van der Waals surface area contributed by atoms with Crippen LogP contribution in [0.15, 0.2) is 23.6 Å². The van der Waals surface area contributed by atoms with Gasteiger partial charge in [0.05, 0.1) is 10.0 Å². The quantitative estimate of drug-likeness (QED) is 0.785. The summed E-state index contributed by atoms with van der Waals surface area (Å²) in [5.41, 5.74) is 0.844. The molecule has 0 spiro atoms. The van der Waals surface area contributed by atoms with Gasteiger partial charge >= 0.3 is 0 Å². The van der Waals surface area contributed by atoms with Crippen LogP contribution >= 0.6 is 34.5 Å². The average Bonchev–Trinajstić information content (AvgIpc) is 3.01. The Hall–Kier alpha value is -1.67. The molecular formula is C17H17Cl2N3O3S. The van der Waals surface area contributed by atoms with Crippen molar-refractivity contribution in [2.45, 2.75) is 6.42 Å². The predicted octanol–water partition coefficient (Wildman–Crippen LogP) is 3.55. The maximum atomic E-state index is 12.1. The molecule has 1 aliphatic rings. The van der Waals surface area contributed by atoms with Crippen LogP contribution in [-0.4, -0.2) is 48.5 Å². The number of anilines is 1. The number of hydrogen-bond acceptors (Lipinski definition) is 5. The summed E-state index contributed by atoms with van der Waals surface area (Å²) in [6, 6.07) is 5.29. The topological polar surface area (TPSA) is 71.5 Å². The molecule has 0 aliphatic carbocycles. The zero-order valence-electron chi connectivity index (χ0n) is 14.0. The molecule has 1 fully saturated rings. The molecule has 9 heteroatoms. The van der Waals surface area contributed by atoms with E-state index in [-0.39, 0.29) is 24.3 Å². The molecule has 0 saturated carbocycles. The standard InChI is InChI=1S/C17H17Cl2N3O3S/c1-25-8-16(24)22-6-10(7-22)4-15(23)20-14-9-26-17(21-14)11-2-3-12(18)13(19)5-11/h2-3,5,9-10H,4,6-8H2,1H3,(H,20,23). The summed E-state index contributed by atoms with van der Waals surface area (Å²) < 4.78 is 4.82. The first-order chi connectivity index (χ1) is 12.5. The normalized spacial score (nSPS) is 14.2. The van der Waals surface area contributed by atoms with Crippen molar-refractivity contribution < 1.29 is 14.3 Å². The molecule has 0 bridgehead atoms. The van der Waals surface area contributed by atoms with Crippen molar-refractivity contribution in [1.82, 2.24) is 9.88 Å². The van der Waals surface area contributed by atoms with E-state index in [9.17, 15) is 9.59 Å². The second kappa shape index (κ2) is 8.35. The summed E-state index contributed by atoms with van der Waals surface area (Å²) in [7, 11) is 1.49. The number of nitrogens with one attached hydrogen (secondary N) is 1. The van der Waals surface area contributed by atoms with Gasteiger partial charge in [-0.3, -0.25) is 9.59 Å². The van der Waals surface area contributed by atoms with Crippen molar-refractivity contribution in [2.24, 2.45) is 5.92 Å². The van der Waals surface area contributed by atoms with Gasteiger partial charge in [0.1, 0.15) is 17.4 Å². The van der Waals surface area contributed by atoms with Crippen LogP contribution in [0.5, 0.6) is 0 Å². The first-order valence-corrected chi connectivity index (χ1v) is 9.57. The van der Waals surface area contributed by atoms with Crippen LogP contribution in [0, 0.1) is 5.92 Å². The highest BCUT2D eigenvalue weighted by Gasteiger charge is 2.31. The number of ether oxygens (including phenoxy) is 1. The Labute approximate surface area is 165 Å². The molecule has 0 unspecified atom stereocenters. The van der Waals surface area contributed by atoms with Crippen molar-refractivity contribution in [3.63, 3.8) is 0 Å². The number of amides is 2. The highest BCUT2D eigenvalue weighted by Crippen LogP contribution is 2.31. The van der Waals surface area contributed by atoms with Gasteiger partial charge in [-0.05, 0) is 12.1 Å². The molecule has 2 amide bonds. The highest BCUT2D eigenvalue weighted by atomic mass is 35.5. The molecule has 2 aromatic rings. The minimum atomic E-state index is -0.111. The van der Waals surface area contributed by atoms with Crippen molar-refractivity contribution in [2.75, 3.05) is 32.1 Å². The predicted molar refractivity (Wildman–Crippen MR) is 103 cm³/mol. The van der Waals surface area contributed by atoms with Crippen molar-refractivity contribution in [3.8, 4) is 10.6 Å². The monoisotopic (exact) mass is 413 g/mol. The van der Waals surface area contributed by atoms with Crippen LogP contribution in [0.1, 0.15) is 6.42 Å². The fraction of sp³-hybridized carbons (Fsp3) is 0.353. The zero-order chi connectivity index (χ0) is 18.7. The minimum Gasteiger partial charge on any atom is -0.375 e. The lowest BCUT2D eigenvalue weighted by Crippen LogP contribution is -2.52. The van der Waals surface area contributed by atoms with Crippen LogP contribution in [0.2, 0.25) is 10.0 Å². The Morgan fingerprint density at radius 1 is 1.35 bits per heavy atom. The molecule has 138 valence electrons. The van der Waals surface area contributed by atoms with Gasteiger partial charge in [0.25, 0.3) is 0 Å². The molecule has 1 aromatic heterocycles. The Kier molecular flexibility index (Phi) is 6.13. The molecule has 1 aliphatic heterocycles. The Morgan fingerprint density at radius 3 is 2.81 bits per heavy atom. The molecule has 6 nitrogen and oxygen atoms in total. The number of hydrogen-bond donors (Lipinski definition) is 1. The molecule has 26 heavy (non-hydrogen) atoms. The van der Waals surface area contributed by atoms with Crippen LogP contribution in [0.4, 0.5) is 5.82 Å². The fourth-order valence-electron chi connectivity index (χ4n) is 2.67. The van der Waals surface area contributed by atoms with Gasteiger partial charge in [0, 0.05) is 43.5 Å².